The quantitative estimate of drug-likeness (QED) is 0.106. The molecule has 0 aliphatic heterocycles. The van der Waals surface area contributed by atoms with Gasteiger partial charge in [-0.2, -0.15) is 0 Å². The van der Waals surface area contributed by atoms with Crippen molar-refractivity contribution in [3.8, 4) is 0 Å². The average Bonchev–Trinajstić information content (AvgIpc) is 3.13. The molecular formula is C39H54FN7O9. The molecule has 56 heavy (non-hydrogen) atoms. The first-order valence-electron chi connectivity index (χ1n) is 18.3. The number of halogens is 1. The Hall–Kier alpha value is -5.87. The molecule has 0 spiro atoms. The van der Waals surface area contributed by atoms with E-state index in [9.17, 15) is 47.9 Å². The second kappa shape index (κ2) is 21.9. The lowest BCUT2D eigenvalue weighted by Gasteiger charge is -2.34. The van der Waals surface area contributed by atoms with Crippen LogP contribution in [0.1, 0.15) is 69.8 Å². The molecule has 17 heteroatoms. The molecule has 16 nitrogen and oxygen atoms in total. The van der Waals surface area contributed by atoms with Gasteiger partial charge in [0.2, 0.25) is 35.4 Å². The number of carboxylic acids is 1. The molecule has 2 rings (SSSR count). The number of nitrogens with two attached hydrogens (primary N) is 1. The molecule has 0 saturated heterocycles. The predicted molar refractivity (Wildman–Crippen MR) is 204 cm³/mol. The van der Waals surface area contributed by atoms with Crippen LogP contribution in [0.5, 0.6) is 0 Å². The third-order valence-corrected chi connectivity index (χ3v) is 9.07. The second-order valence-corrected chi connectivity index (χ2v) is 14.2. The average molecular weight is 784 g/mol. The van der Waals surface area contributed by atoms with E-state index in [0.29, 0.717) is 12.0 Å². The molecule has 7 amide bonds. The van der Waals surface area contributed by atoms with Gasteiger partial charge in [0.1, 0.15) is 36.0 Å². The van der Waals surface area contributed by atoms with Crippen molar-refractivity contribution in [2.24, 2.45) is 17.6 Å². The molecule has 0 bridgehead atoms. The van der Waals surface area contributed by atoms with Crippen LogP contribution >= 0.6 is 0 Å². The highest BCUT2D eigenvalue weighted by molar-refractivity contribution is 6.00. The van der Waals surface area contributed by atoms with Crippen LogP contribution in [0.4, 0.5) is 4.39 Å². The van der Waals surface area contributed by atoms with Crippen molar-refractivity contribution in [3.63, 3.8) is 0 Å². The summed E-state index contributed by atoms with van der Waals surface area (Å²) in [5, 5.41) is 19.7. The van der Waals surface area contributed by atoms with E-state index in [4.69, 9.17) is 5.73 Å². The highest BCUT2D eigenvalue weighted by Crippen LogP contribution is 2.17. The highest BCUT2D eigenvalue weighted by Gasteiger charge is 2.36. The van der Waals surface area contributed by atoms with Crippen LogP contribution in [0, 0.1) is 17.7 Å². The van der Waals surface area contributed by atoms with Crippen LogP contribution in [-0.2, 0) is 40.0 Å². The first kappa shape index (κ1) is 46.3. The normalized spacial score (nSPS) is 14.2. The zero-order chi connectivity index (χ0) is 42.3. The van der Waals surface area contributed by atoms with Crippen LogP contribution < -0.4 is 27.0 Å². The summed E-state index contributed by atoms with van der Waals surface area (Å²) in [6, 6.07) is 6.87. The van der Waals surface area contributed by atoms with Crippen molar-refractivity contribution >= 4 is 47.3 Å². The third kappa shape index (κ3) is 14.4. The Morgan fingerprint density at radius 3 is 1.89 bits per heavy atom. The number of hydrogen-bond acceptors (Lipinski definition) is 8. The number of carbonyl (C=O) groups is 8. The number of aliphatic carboxylic acids is 1. The van der Waals surface area contributed by atoms with E-state index in [1.807, 2.05) is 20.8 Å². The van der Waals surface area contributed by atoms with Crippen molar-refractivity contribution < 1.29 is 47.9 Å². The summed E-state index contributed by atoms with van der Waals surface area (Å²) in [6.07, 6.45) is -0.00900. The van der Waals surface area contributed by atoms with E-state index in [2.05, 4.69) is 21.3 Å². The van der Waals surface area contributed by atoms with Gasteiger partial charge in [-0.25, -0.2) is 9.18 Å². The number of amides is 7. The van der Waals surface area contributed by atoms with Crippen molar-refractivity contribution in [2.75, 3.05) is 20.6 Å². The van der Waals surface area contributed by atoms with Gasteiger partial charge in [-0.05, 0) is 55.0 Å². The first-order chi connectivity index (χ1) is 26.2. The number of nitrogens with one attached hydrogen (secondary N) is 4. The van der Waals surface area contributed by atoms with Gasteiger partial charge < -0.3 is 41.9 Å². The van der Waals surface area contributed by atoms with Gasteiger partial charge >= 0.3 is 5.97 Å². The molecule has 6 atom stereocenters. The number of primary amides is 1. The molecule has 306 valence electrons. The predicted octanol–water partition coefficient (Wildman–Crippen LogP) is 0.979. The number of hydrogen-bond donors (Lipinski definition) is 6. The molecule has 0 aliphatic rings. The van der Waals surface area contributed by atoms with Crippen LogP contribution in [0.15, 0.2) is 54.6 Å². The fraction of sp³-hybridized carbons (Fsp3) is 0.487. The van der Waals surface area contributed by atoms with Gasteiger partial charge in [-0.3, -0.25) is 33.6 Å². The molecule has 0 radical (unpaired) electrons. The Balaban J connectivity index is 2.21. The van der Waals surface area contributed by atoms with Crippen molar-refractivity contribution in [2.45, 2.75) is 90.5 Å². The topological polar surface area (TPSA) is 237 Å². The Labute approximate surface area is 326 Å². The Bertz CT molecular complexity index is 1710. The number of nitrogens with zero attached hydrogens (tertiary/aromatic N) is 2. The van der Waals surface area contributed by atoms with Crippen LogP contribution in [0.2, 0.25) is 0 Å². The molecule has 2 aromatic carbocycles. The van der Waals surface area contributed by atoms with Gasteiger partial charge in [0, 0.05) is 26.1 Å². The van der Waals surface area contributed by atoms with Crippen molar-refractivity contribution in [3.05, 3.63) is 71.5 Å². The van der Waals surface area contributed by atoms with Crippen LogP contribution in [-0.4, -0.2) is 113 Å². The summed E-state index contributed by atoms with van der Waals surface area (Å²) >= 11 is 0. The Morgan fingerprint density at radius 2 is 1.36 bits per heavy atom. The van der Waals surface area contributed by atoms with E-state index in [-0.39, 0.29) is 30.2 Å². The Kier molecular flexibility index (Phi) is 18.1. The fourth-order valence-corrected chi connectivity index (χ4v) is 5.92. The third-order valence-electron chi connectivity index (χ3n) is 9.07. The number of carbonyl (C=O) groups excluding carboxylic acids is 7. The minimum atomic E-state index is -1.51. The van der Waals surface area contributed by atoms with E-state index < -0.39 is 96.3 Å². The maximum Gasteiger partial charge on any atom is 0.326 e. The van der Waals surface area contributed by atoms with Crippen LogP contribution in [0.3, 0.4) is 0 Å². The number of carboxylic acid groups (broad SMARTS) is 1. The molecule has 2 aromatic rings. The zero-order valence-corrected chi connectivity index (χ0v) is 32.8. The largest absolute Gasteiger partial charge is 0.480 e. The summed E-state index contributed by atoms with van der Waals surface area (Å²) in [5.41, 5.74) is 5.99. The van der Waals surface area contributed by atoms with Crippen LogP contribution in [0.25, 0.3) is 0 Å². The molecule has 0 unspecified atom stereocenters. The van der Waals surface area contributed by atoms with E-state index in [0.717, 1.165) is 17.0 Å². The summed E-state index contributed by atoms with van der Waals surface area (Å²) in [4.78, 5) is 106. The van der Waals surface area contributed by atoms with Crippen molar-refractivity contribution in [1.82, 2.24) is 31.1 Å². The van der Waals surface area contributed by atoms with Crippen molar-refractivity contribution in [1.29, 1.82) is 0 Å². The molecule has 0 aromatic heterocycles. The Morgan fingerprint density at radius 1 is 0.768 bits per heavy atom. The fourth-order valence-electron chi connectivity index (χ4n) is 5.92. The van der Waals surface area contributed by atoms with Gasteiger partial charge in [-0.1, -0.05) is 64.4 Å². The molecule has 0 fully saturated rings. The van der Waals surface area contributed by atoms with E-state index in [1.54, 1.807) is 37.3 Å². The molecule has 7 N–H and O–H groups in total. The lowest BCUT2D eigenvalue weighted by Crippen LogP contribution is -2.58. The number of benzene rings is 2. The summed E-state index contributed by atoms with van der Waals surface area (Å²) in [7, 11) is 2.70. The lowest BCUT2D eigenvalue weighted by atomic mass is 9.95. The van der Waals surface area contributed by atoms with Gasteiger partial charge in [0.25, 0.3) is 5.91 Å². The number of likely N-dealkylation sites (N-methyl/N-ethyl adjacent to an activating group) is 2. The maximum atomic E-state index is 13.8. The maximum absolute atomic E-state index is 13.8. The van der Waals surface area contributed by atoms with Gasteiger partial charge in [0.05, 0.1) is 13.0 Å². The first-order valence-corrected chi connectivity index (χ1v) is 18.3. The standard InChI is InChI=1S/C39H54FN7O9/c1-8-23(4)33(36(52)45-30(39(55)56)18-22(2)3)47(7)37(53)24(5)42-32(49)21-46(6)38(54)29(19-25-12-10-9-11-13-25)44-35(51)28(20-31(41)48)43-34(50)26-14-16-27(40)17-15-26/h9-17,22-24,28-30,33H,8,18-21H2,1-7H3,(H2,41,48)(H,42,49)(H,43,50)(H,44,51)(H,45,52)(H,55,56)/t23-,24-,28-,29-,30-,33-/m0/s1. The lowest BCUT2D eigenvalue weighted by molar-refractivity contribution is -0.146. The molecular weight excluding hydrogens is 729 g/mol. The molecule has 0 saturated carbocycles. The smallest absolute Gasteiger partial charge is 0.326 e. The van der Waals surface area contributed by atoms with E-state index >= 15 is 0 Å². The van der Waals surface area contributed by atoms with E-state index in [1.165, 1.54) is 38.1 Å². The summed E-state index contributed by atoms with van der Waals surface area (Å²) < 4.78 is 13.4. The summed E-state index contributed by atoms with van der Waals surface area (Å²) in [6.45, 7) is 8.05. The summed E-state index contributed by atoms with van der Waals surface area (Å²) in [5.74, 6) is -7.59. The minimum Gasteiger partial charge on any atom is -0.480 e. The molecule has 0 heterocycles. The monoisotopic (exact) mass is 783 g/mol. The highest BCUT2D eigenvalue weighted by atomic mass is 19.1. The molecule has 0 aliphatic carbocycles. The zero-order valence-electron chi connectivity index (χ0n) is 32.8. The van der Waals surface area contributed by atoms with Gasteiger partial charge in [0.15, 0.2) is 0 Å². The SMILES string of the molecule is CC[C@H](C)[C@@H](C(=O)N[C@@H](CC(C)C)C(=O)O)N(C)C(=O)[C@H](C)NC(=O)CN(C)C(=O)[C@H](Cc1ccccc1)NC(=O)[C@H](CC(N)=O)NC(=O)c1ccc(F)cc1. The second-order valence-electron chi connectivity index (χ2n) is 14.2. The number of rotatable bonds is 21. The van der Waals surface area contributed by atoms with Gasteiger partial charge in [-0.15, -0.1) is 0 Å². The minimum absolute atomic E-state index is 0.00218.